The van der Waals surface area contributed by atoms with Gasteiger partial charge in [-0.25, -0.2) is 9.78 Å². The van der Waals surface area contributed by atoms with Gasteiger partial charge in [0.25, 0.3) is 0 Å². The lowest BCUT2D eigenvalue weighted by Crippen LogP contribution is -1.89. The number of hydrogen-bond donors (Lipinski definition) is 1. The Hall–Kier alpha value is -1.98. The Morgan fingerprint density at radius 3 is 2.42 bits per heavy atom. The number of benzene rings is 1. The van der Waals surface area contributed by atoms with Crippen LogP contribution in [0.1, 0.15) is 9.67 Å². The van der Waals surface area contributed by atoms with Crippen molar-refractivity contribution in [2.75, 3.05) is 0 Å². The fourth-order valence-electron chi connectivity index (χ4n) is 1.70. The van der Waals surface area contributed by atoms with Crippen LogP contribution in [0.25, 0.3) is 20.3 Å². The lowest BCUT2D eigenvalue weighted by Gasteiger charge is -1.94. The molecule has 3 aromatic rings. The van der Waals surface area contributed by atoms with Crippen molar-refractivity contribution in [1.82, 2.24) is 4.98 Å². The van der Waals surface area contributed by atoms with Gasteiger partial charge >= 0.3 is 5.97 Å². The molecule has 0 saturated heterocycles. The largest absolute Gasteiger partial charge is 0.477 e. The van der Waals surface area contributed by atoms with Crippen molar-refractivity contribution in [3.63, 3.8) is 0 Å². The Morgan fingerprint density at radius 1 is 1.00 bits per heavy atom. The molecule has 3 rings (SSSR count). The molecule has 0 spiro atoms. The number of thiazole rings is 1. The van der Waals surface area contributed by atoms with E-state index < -0.39 is 5.97 Å². The fourth-order valence-corrected chi connectivity index (χ4v) is 3.53. The number of rotatable bonds is 3. The topological polar surface area (TPSA) is 50.2 Å². The van der Waals surface area contributed by atoms with Gasteiger partial charge in [0.2, 0.25) is 0 Å². The van der Waals surface area contributed by atoms with Gasteiger partial charge in [0, 0.05) is 4.88 Å². The first-order valence-electron chi connectivity index (χ1n) is 5.59. The molecule has 94 valence electrons. The van der Waals surface area contributed by atoms with Crippen LogP contribution in [0, 0.1) is 0 Å². The summed E-state index contributed by atoms with van der Waals surface area (Å²) < 4.78 is 0. The number of hydrogen-bond acceptors (Lipinski definition) is 4. The number of aromatic carboxylic acids is 1. The molecule has 1 aromatic carbocycles. The van der Waals surface area contributed by atoms with Gasteiger partial charge in [-0.15, -0.1) is 22.7 Å². The fraction of sp³-hybridized carbons (Fsp3) is 0. The van der Waals surface area contributed by atoms with Crippen LogP contribution >= 0.6 is 22.7 Å². The van der Waals surface area contributed by atoms with E-state index in [1.165, 1.54) is 17.5 Å². The third-order valence-electron chi connectivity index (χ3n) is 2.59. The Balaban J connectivity index is 1.94. The molecule has 0 fully saturated rings. The zero-order valence-corrected chi connectivity index (χ0v) is 11.4. The predicted octanol–water partition coefficient (Wildman–Crippen LogP) is 4.24. The van der Waals surface area contributed by atoms with Gasteiger partial charge in [-0.1, -0.05) is 30.3 Å². The lowest BCUT2D eigenvalue weighted by atomic mass is 10.2. The third-order valence-corrected chi connectivity index (χ3v) is 4.88. The van der Waals surface area contributed by atoms with Gasteiger partial charge in [0.05, 0.1) is 11.1 Å². The van der Waals surface area contributed by atoms with E-state index in [0.717, 1.165) is 20.3 Å². The standard InChI is InChI=1S/C14H9NO2S2/c16-14(17)12-8-15-13(19-12)11-7-6-10(18-11)9-4-2-1-3-5-9/h1-8H,(H,16,17). The Morgan fingerprint density at radius 2 is 1.74 bits per heavy atom. The molecule has 19 heavy (non-hydrogen) atoms. The Labute approximate surface area is 117 Å². The van der Waals surface area contributed by atoms with Gasteiger partial charge < -0.3 is 5.11 Å². The summed E-state index contributed by atoms with van der Waals surface area (Å²) in [6.07, 6.45) is 1.41. The maximum Gasteiger partial charge on any atom is 0.347 e. The van der Waals surface area contributed by atoms with Crippen molar-refractivity contribution in [3.8, 4) is 20.3 Å². The van der Waals surface area contributed by atoms with E-state index in [1.54, 1.807) is 11.3 Å². The van der Waals surface area contributed by atoms with Gasteiger partial charge in [0.15, 0.2) is 0 Å². The van der Waals surface area contributed by atoms with E-state index in [-0.39, 0.29) is 4.88 Å². The maximum absolute atomic E-state index is 10.8. The molecular formula is C14H9NO2S2. The molecule has 0 atom stereocenters. The molecule has 2 aromatic heterocycles. The van der Waals surface area contributed by atoms with Crippen LogP contribution in [0.15, 0.2) is 48.7 Å². The van der Waals surface area contributed by atoms with Crippen LogP contribution in [0.4, 0.5) is 0 Å². The molecule has 0 bridgehead atoms. The molecule has 0 aliphatic carbocycles. The first kappa shape index (κ1) is 12.1. The Kier molecular flexibility index (Phi) is 3.15. The highest BCUT2D eigenvalue weighted by atomic mass is 32.1. The second kappa shape index (κ2) is 4.95. The SMILES string of the molecule is O=C(O)c1cnc(-c2ccc(-c3ccccc3)s2)s1. The molecule has 1 N–H and O–H groups in total. The van der Waals surface area contributed by atoms with Crippen LogP contribution in [-0.4, -0.2) is 16.1 Å². The smallest absolute Gasteiger partial charge is 0.347 e. The summed E-state index contributed by atoms with van der Waals surface area (Å²) in [4.78, 5) is 17.4. The van der Waals surface area contributed by atoms with Crippen molar-refractivity contribution < 1.29 is 9.90 Å². The molecule has 0 radical (unpaired) electrons. The monoisotopic (exact) mass is 287 g/mol. The minimum absolute atomic E-state index is 0.268. The quantitative estimate of drug-likeness (QED) is 0.784. The van der Waals surface area contributed by atoms with Crippen molar-refractivity contribution >= 4 is 28.6 Å². The van der Waals surface area contributed by atoms with E-state index in [2.05, 4.69) is 17.1 Å². The maximum atomic E-state index is 10.8. The van der Waals surface area contributed by atoms with Crippen molar-refractivity contribution in [2.45, 2.75) is 0 Å². The van der Waals surface area contributed by atoms with Crippen LogP contribution in [0.2, 0.25) is 0 Å². The minimum atomic E-state index is -0.927. The first-order chi connectivity index (χ1) is 9.24. The summed E-state index contributed by atoms with van der Waals surface area (Å²) in [7, 11) is 0. The highest BCUT2D eigenvalue weighted by molar-refractivity contribution is 7.24. The molecule has 0 aliphatic heterocycles. The lowest BCUT2D eigenvalue weighted by molar-refractivity contribution is 0.0702. The zero-order chi connectivity index (χ0) is 13.2. The van der Waals surface area contributed by atoms with Gasteiger partial charge in [0.1, 0.15) is 9.88 Å². The summed E-state index contributed by atoms with van der Waals surface area (Å²) >= 11 is 2.82. The highest BCUT2D eigenvalue weighted by Gasteiger charge is 2.12. The van der Waals surface area contributed by atoms with E-state index >= 15 is 0 Å². The summed E-state index contributed by atoms with van der Waals surface area (Å²) in [5.74, 6) is -0.927. The number of carbonyl (C=O) groups is 1. The first-order valence-corrected chi connectivity index (χ1v) is 7.22. The summed E-state index contributed by atoms with van der Waals surface area (Å²) in [5.41, 5.74) is 1.16. The molecule has 2 heterocycles. The van der Waals surface area contributed by atoms with E-state index in [1.807, 2.05) is 30.3 Å². The number of carboxylic acids is 1. The zero-order valence-electron chi connectivity index (χ0n) is 9.74. The average molecular weight is 287 g/mol. The van der Waals surface area contributed by atoms with Crippen LogP contribution in [-0.2, 0) is 0 Å². The predicted molar refractivity (Wildman–Crippen MR) is 77.8 cm³/mol. The van der Waals surface area contributed by atoms with Crippen LogP contribution in [0.3, 0.4) is 0 Å². The number of carboxylic acid groups (broad SMARTS) is 1. The van der Waals surface area contributed by atoms with Crippen LogP contribution < -0.4 is 0 Å². The number of thiophene rings is 1. The highest BCUT2D eigenvalue weighted by Crippen LogP contribution is 2.36. The summed E-state index contributed by atoms with van der Waals surface area (Å²) in [5, 5.41) is 9.66. The van der Waals surface area contributed by atoms with E-state index in [9.17, 15) is 4.79 Å². The molecule has 5 heteroatoms. The van der Waals surface area contributed by atoms with Crippen molar-refractivity contribution in [2.24, 2.45) is 0 Å². The normalized spacial score (nSPS) is 10.5. The molecular weight excluding hydrogens is 278 g/mol. The molecule has 0 amide bonds. The van der Waals surface area contributed by atoms with Gasteiger partial charge in [-0.2, -0.15) is 0 Å². The van der Waals surface area contributed by atoms with E-state index in [4.69, 9.17) is 5.11 Å². The van der Waals surface area contributed by atoms with Crippen molar-refractivity contribution in [3.05, 3.63) is 53.5 Å². The summed E-state index contributed by atoms with van der Waals surface area (Å²) in [6.45, 7) is 0. The molecule has 0 aliphatic rings. The average Bonchev–Trinajstić information content (AvgIpc) is 3.09. The van der Waals surface area contributed by atoms with Gasteiger partial charge in [-0.3, -0.25) is 0 Å². The molecule has 0 unspecified atom stereocenters. The second-order valence-corrected chi connectivity index (χ2v) is 5.98. The Bertz CT molecular complexity index is 716. The van der Waals surface area contributed by atoms with Crippen LogP contribution in [0.5, 0.6) is 0 Å². The second-order valence-electron chi connectivity index (χ2n) is 3.86. The van der Waals surface area contributed by atoms with E-state index in [0.29, 0.717) is 0 Å². The number of nitrogens with zero attached hydrogens (tertiary/aromatic N) is 1. The number of aromatic nitrogens is 1. The molecule has 0 saturated carbocycles. The van der Waals surface area contributed by atoms with Gasteiger partial charge in [-0.05, 0) is 17.7 Å². The molecule has 3 nitrogen and oxygen atoms in total. The summed E-state index contributed by atoms with van der Waals surface area (Å²) in [6, 6.07) is 14.1. The van der Waals surface area contributed by atoms with Crippen molar-refractivity contribution in [1.29, 1.82) is 0 Å². The third kappa shape index (κ3) is 2.43. The minimum Gasteiger partial charge on any atom is -0.477 e.